The summed E-state index contributed by atoms with van der Waals surface area (Å²) in [6.45, 7) is 5.84. The van der Waals surface area contributed by atoms with Crippen LogP contribution >= 0.6 is 0 Å². The molecule has 0 amide bonds. The topological polar surface area (TPSA) is 24.9 Å². The third-order valence-electron chi connectivity index (χ3n) is 2.46. The van der Waals surface area contributed by atoms with Gasteiger partial charge >= 0.3 is 6.18 Å². The number of nitrogens with zero attached hydrogens (tertiary/aromatic N) is 1. The lowest BCUT2D eigenvalue weighted by molar-refractivity contribution is -0.137. The molecule has 0 aliphatic rings. The first-order valence-corrected chi connectivity index (χ1v) is 6.33. The molecular weight excluding hydrogens is 265 g/mol. The van der Waals surface area contributed by atoms with Gasteiger partial charge in [-0.15, -0.1) is 0 Å². The Labute approximate surface area is 116 Å². The SMILES string of the molecule is CC.Cc1cccnc1Nc1cccc(C(F)(F)F)c1. The second-order valence-electron chi connectivity index (χ2n) is 3.87. The van der Waals surface area contributed by atoms with Crippen molar-refractivity contribution < 1.29 is 13.2 Å². The van der Waals surface area contributed by atoms with E-state index in [1.165, 1.54) is 6.07 Å². The van der Waals surface area contributed by atoms with Crippen LogP contribution in [0.15, 0.2) is 42.6 Å². The second-order valence-corrected chi connectivity index (χ2v) is 3.87. The molecule has 0 saturated heterocycles. The Morgan fingerprint density at radius 1 is 1.05 bits per heavy atom. The maximum Gasteiger partial charge on any atom is 0.416 e. The van der Waals surface area contributed by atoms with E-state index in [0.29, 0.717) is 11.5 Å². The van der Waals surface area contributed by atoms with Gasteiger partial charge in [-0.25, -0.2) is 4.98 Å². The van der Waals surface area contributed by atoms with Gasteiger partial charge < -0.3 is 5.32 Å². The minimum atomic E-state index is -4.34. The maximum atomic E-state index is 12.5. The van der Waals surface area contributed by atoms with Crippen molar-refractivity contribution in [2.24, 2.45) is 0 Å². The molecule has 5 heteroatoms. The third-order valence-corrected chi connectivity index (χ3v) is 2.46. The Morgan fingerprint density at radius 3 is 2.35 bits per heavy atom. The van der Waals surface area contributed by atoms with E-state index in [9.17, 15) is 13.2 Å². The summed E-state index contributed by atoms with van der Waals surface area (Å²) >= 11 is 0. The first-order chi connectivity index (χ1) is 9.47. The van der Waals surface area contributed by atoms with Crippen LogP contribution in [-0.2, 0) is 6.18 Å². The number of halogens is 3. The fourth-order valence-electron chi connectivity index (χ4n) is 1.53. The van der Waals surface area contributed by atoms with Crippen molar-refractivity contribution in [3.8, 4) is 0 Å². The highest BCUT2D eigenvalue weighted by atomic mass is 19.4. The van der Waals surface area contributed by atoms with Crippen LogP contribution < -0.4 is 5.32 Å². The molecule has 0 saturated carbocycles. The summed E-state index contributed by atoms with van der Waals surface area (Å²) in [6, 6.07) is 8.65. The van der Waals surface area contributed by atoms with Crippen molar-refractivity contribution in [1.82, 2.24) is 4.98 Å². The summed E-state index contributed by atoms with van der Waals surface area (Å²) in [6.07, 6.45) is -2.75. The van der Waals surface area contributed by atoms with Crippen molar-refractivity contribution in [3.05, 3.63) is 53.7 Å². The lowest BCUT2D eigenvalue weighted by atomic mass is 10.2. The van der Waals surface area contributed by atoms with E-state index in [-0.39, 0.29) is 0 Å². The second kappa shape index (κ2) is 6.93. The molecular formula is C15H17F3N2. The Bertz CT molecular complexity index is 551. The molecule has 1 aromatic carbocycles. The van der Waals surface area contributed by atoms with Crippen LogP contribution in [0.1, 0.15) is 25.0 Å². The number of alkyl halides is 3. The minimum Gasteiger partial charge on any atom is -0.340 e. The Hall–Kier alpha value is -2.04. The summed E-state index contributed by atoms with van der Waals surface area (Å²) in [5.74, 6) is 0.553. The molecule has 1 N–H and O–H groups in total. The summed E-state index contributed by atoms with van der Waals surface area (Å²) < 4.78 is 37.6. The van der Waals surface area contributed by atoms with E-state index in [0.717, 1.165) is 17.7 Å². The van der Waals surface area contributed by atoms with Gasteiger partial charge in [0.05, 0.1) is 5.56 Å². The number of aryl methyl sites for hydroxylation is 1. The number of hydrogen-bond acceptors (Lipinski definition) is 2. The molecule has 1 aromatic heterocycles. The van der Waals surface area contributed by atoms with Crippen molar-refractivity contribution in [1.29, 1.82) is 0 Å². The van der Waals surface area contributed by atoms with Gasteiger partial charge in [-0.3, -0.25) is 0 Å². The molecule has 2 aromatic rings. The van der Waals surface area contributed by atoms with Crippen molar-refractivity contribution in [2.45, 2.75) is 26.9 Å². The Balaban J connectivity index is 0.000000956. The number of pyridine rings is 1. The number of nitrogens with one attached hydrogen (secondary N) is 1. The monoisotopic (exact) mass is 282 g/mol. The number of hydrogen-bond donors (Lipinski definition) is 1. The molecule has 0 unspecified atom stereocenters. The molecule has 2 nitrogen and oxygen atoms in total. The van der Waals surface area contributed by atoms with Crippen LogP contribution in [0, 0.1) is 6.92 Å². The van der Waals surface area contributed by atoms with Crippen LogP contribution in [0.3, 0.4) is 0 Å². The lowest BCUT2D eigenvalue weighted by Gasteiger charge is -2.11. The highest BCUT2D eigenvalue weighted by Gasteiger charge is 2.30. The number of aromatic nitrogens is 1. The van der Waals surface area contributed by atoms with Gasteiger partial charge in [-0.2, -0.15) is 13.2 Å². The lowest BCUT2D eigenvalue weighted by Crippen LogP contribution is -2.05. The van der Waals surface area contributed by atoms with E-state index in [1.807, 2.05) is 26.8 Å². The van der Waals surface area contributed by atoms with Crippen LogP contribution in [0.2, 0.25) is 0 Å². The highest BCUT2D eigenvalue weighted by molar-refractivity contribution is 5.59. The fraction of sp³-hybridized carbons (Fsp3) is 0.267. The van der Waals surface area contributed by atoms with Crippen molar-refractivity contribution >= 4 is 11.5 Å². The zero-order chi connectivity index (χ0) is 15.2. The van der Waals surface area contributed by atoms with Gasteiger partial charge in [-0.05, 0) is 36.8 Å². The minimum absolute atomic E-state index is 0.367. The Morgan fingerprint density at radius 2 is 1.75 bits per heavy atom. The molecule has 2 rings (SSSR count). The standard InChI is InChI=1S/C13H11F3N2.C2H6/c1-9-4-3-7-17-12(9)18-11-6-2-5-10(8-11)13(14,15)16;1-2/h2-8H,1H3,(H,17,18);1-2H3. The van der Waals surface area contributed by atoms with E-state index in [1.54, 1.807) is 18.3 Å². The summed E-state index contributed by atoms with van der Waals surface area (Å²) in [5, 5.41) is 2.87. The normalized spacial score (nSPS) is 10.5. The maximum absolute atomic E-state index is 12.5. The van der Waals surface area contributed by atoms with E-state index in [4.69, 9.17) is 0 Å². The van der Waals surface area contributed by atoms with Gasteiger partial charge in [0.1, 0.15) is 5.82 Å². The Kier molecular flexibility index (Phi) is 5.55. The molecule has 0 bridgehead atoms. The average molecular weight is 282 g/mol. The van der Waals surface area contributed by atoms with Crippen LogP contribution in [0.4, 0.5) is 24.7 Å². The number of rotatable bonds is 2. The molecule has 108 valence electrons. The smallest absolute Gasteiger partial charge is 0.340 e. The largest absolute Gasteiger partial charge is 0.416 e. The molecule has 0 aliphatic carbocycles. The van der Waals surface area contributed by atoms with Gasteiger partial charge in [0.2, 0.25) is 0 Å². The zero-order valence-corrected chi connectivity index (χ0v) is 11.6. The van der Waals surface area contributed by atoms with E-state index in [2.05, 4.69) is 10.3 Å². The van der Waals surface area contributed by atoms with Crippen LogP contribution in [-0.4, -0.2) is 4.98 Å². The van der Waals surface area contributed by atoms with Gasteiger partial charge in [0.15, 0.2) is 0 Å². The summed E-state index contributed by atoms with van der Waals surface area (Å²) in [5.41, 5.74) is 0.558. The summed E-state index contributed by atoms with van der Waals surface area (Å²) in [7, 11) is 0. The van der Waals surface area contributed by atoms with Crippen LogP contribution in [0.25, 0.3) is 0 Å². The number of benzene rings is 1. The zero-order valence-electron chi connectivity index (χ0n) is 11.6. The molecule has 0 radical (unpaired) electrons. The highest BCUT2D eigenvalue weighted by Crippen LogP contribution is 2.31. The van der Waals surface area contributed by atoms with Gasteiger partial charge in [-0.1, -0.05) is 26.0 Å². The first kappa shape index (κ1) is 16.0. The quantitative estimate of drug-likeness (QED) is 0.821. The molecule has 0 atom stereocenters. The molecule has 0 spiro atoms. The first-order valence-electron chi connectivity index (χ1n) is 6.33. The number of anilines is 2. The molecule has 20 heavy (non-hydrogen) atoms. The van der Waals surface area contributed by atoms with Gasteiger partial charge in [0.25, 0.3) is 0 Å². The third kappa shape index (κ3) is 4.26. The van der Waals surface area contributed by atoms with Gasteiger partial charge in [0, 0.05) is 11.9 Å². The van der Waals surface area contributed by atoms with Crippen molar-refractivity contribution in [3.63, 3.8) is 0 Å². The van der Waals surface area contributed by atoms with E-state index >= 15 is 0 Å². The van der Waals surface area contributed by atoms with E-state index < -0.39 is 11.7 Å². The average Bonchev–Trinajstić information content (AvgIpc) is 2.43. The van der Waals surface area contributed by atoms with Crippen LogP contribution in [0.5, 0.6) is 0 Å². The fourth-order valence-corrected chi connectivity index (χ4v) is 1.53. The van der Waals surface area contributed by atoms with Crippen molar-refractivity contribution in [2.75, 3.05) is 5.32 Å². The molecule has 0 aliphatic heterocycles. The predicted molar refractivity (Wildman–Crippen MR) is 75.0 cm³/mol. The predicted octanol–water partition coefficient (Wildman–Crippen LogP) is 5.18. The summed E-state index contributed by atoms with van der Waals surface area (Å²) in [4.78, 5) is 4.07. The molecule has 0 fully saturated rings. The molecule has 1 heterocycles.